The van der Waals surface area contributed by atoms with E-state index in [1.165, 1.54) is 5.56 Å². The van der Waals surface area contributed by atoms with Gasteiger partial charge in [-0.1, -0.05) is 36.2 Å². The van der Waals surface area contributed by atoms with E-state index in [1.54, 1.807) is 0 Å². The minimum Gasteiger partial charge on any atom is -0.310 e. The molecule has 14 heavy (non-hydrogen) atoms. The number of halogens is 2. The summed E-state index contributed by atoms with van der Waals surface area (Å²) in [6.45, 7) is 5.16. The fourth-order valence-electron chi connectivity index (χ4n) is 1.09. The zero-order chi connectivity index (χ0) is 10.6. The molecule has 3 heteroatoms. The molecule has 0 spiro atoms. The standard InChI is InChI=1S/C11H15Cl2N/c1-3-8(2)14-7-9-4-5-10(12)11(13)6-9/h4-6,8,14H,3,7H2,1-2H3. The predicted molar refractivity (Wildman–Crippen MR) is 63.1 cm³/mol. The number of benzene rings is 1. The van der Waals surface area contributed by atoms with Gasteiger partial charge in [0.15, 0.2) is 0 Å². The molecule has 1 nitrogen and oxygen atoms in total. The van der Waals surface area contributed by atoms with Crippen LogP contribution in [0.15, 0.2) is 18.2 Å². The first kappa shape index (κ1) is 11.8. The Morgan fingerprint density at radius 1 is 1.29 bits per heavy atom. The van der Waals surface area contributed by atoms with E-state index < -0.39 is 0 Å². The van der Waals surface area contributed by atoms with Gasteiger partial charge in [-0.05, 0) is 31.0 Å². The summed E-state index contributed by atoms with van der Waals surface area (Å²) in [6, 6.07) is 6.25. The summed E-state index contributed by atoms with van der Waals surface area (Å²) >= 11 is 11.7. The van der Waals surface area contributed by atoms with Crippen LogP contribution in [0.2, 0.25) is 10.0 Å². The van der Waals surface area contributed by atoms with Crippen molar-refractivity contribution in [3.8, 4) is 0 Å². The zero-order valence-corrected chi connectivity index (χ0v) is 9.99. The van der Waals surface area contributed by atoms with Crippen LogP contribution in [0.1, 0.15) is 25.8 Å². The molecule has 0 aromatic heterocycles. The quantitative estimate of drug-likeness (QED) is 0.830. The molecule has 0 saturated heterocycles. The van der Waals surface area contributed by atoms with Gasteiger partial charge in [0.25, 0.3) is 0 Å². The normalized spacial score (nSPS) is 12.9. The second-order valence-corrected chi connectivity index (χ2v) is 4.25. The van der Waals surface area contributed by atoms with E-state index in [-0.39, 0.29) is 0 Å². The molecule has 1 N–H and O–H groups in total. The first-order valence-corrected chi connectivity index (χ1v) is 5.56. The van der Waals surface area contributed by atoms with Crippen molar-refractivity contribution in [2.24, 2.45) is 0 Å². The van der Waals surface area contributed by atoms with Crippen molar-refractivity contribution < 1.29 is 0 Å². The lowest BCUT2D eigenvalue weighted by Crippen LogP contribution is -2.24. The van der Waals surface area contributed by atoms with Crippen LogP contribution in [-0.2, 0) is 6.54 Å². The molecular formula is C11H15Cl2N. The van der Waals surface area contributed by atoms with Gasteiger partial charge in [-0.25, -0.2) is 0 Å². The van der Waals surface area contributed by atoms with Crippen molar-refractivity contribution in [2.45, 2.75) is 32.9 Å². The van der Waals surface area contributed by atoms with Crippen LogP contribution in [-0.4, -0.2) is 6.04 Å². The Bertz CT molecular complexity index is 299. The van der Waals surface area contributed by atoms with Crippen LogP contribution in [0.3, 0.4) is 0 Å². The molecule has 0 aliphatic rings. The van der Waals surface area contributed by atoms with Crippen molar-refractivity contribution in [1.82, 2.24) is 5.32 Å². The van der Waals surface area contributed by atoms with Crippen LogP contribution in [0.4, 0.5) is 0 Å². The minimum absolute atomic E-state index is 0.532. The summed E-state index contributed by atoms with van der Waals surface area (Å²) in [5, 5.41) is 4.62. The van der Waals surface area contributed by atoms with Crippen LogP contribution < -0.4 is 5.32 Å². The summed E-state index contributed by atoms with van der Waals surface area (Å²) in [6.07, 6.45) is 1.13. The molecule has 78 valence electrons. The number of rotatable bonds is 4. The highest BCUT2D eigenvalue weighted by Gasteiger charge is 2.01. The lowest BCUT2D eigenvalue weighted by molar-refractivity contribution is 0.534. The molecule has 0 aliphatic heterocycles. The predicted octanol–water partition coefficient (Wildman–Crippen LogP) is 3.88. The molecule has 0 heterocycles. The van der Waals surface area contributed by atoms with Crippen molar-refractivity contribution in [1.29, 1.82) is 0 Å². The van der Waals surface area contributed by atoms with Crippen molar-refractivity contribution >= 4 is 23.2 Å². The molecular weight excluding hydrogens is 217 g/mol. The summed E-state index contributed by atoms with van der Waals surface area (Å²) in [7, 11) is 0. The summed E-state index contributed by atoms with van der Waals surface area (Å²) in [4.78, 5) is 0. The summed E-state index contributed by atoms with van der Waals surface area (Å²) in [5.41, 5.74) is 1.17. The van der Waals surface area contributed by atoms with E-state index >= 15 is 0 Å². The third-order valence-corrected chi connectivity index (χ3v) is 2.99. The van der Waals surface area contributed by atoms with Gasteiger partial charge >= 0.3 is 0 Å². The lowest BCUT2D eigenvalue weighted by atomic mass is 10.2. The minimum atomic E-state index is 0.532. The first-order valence-electron chi connectivity index (χ1n) is 4.80. The van der Waals surface area contributed by atoms with E-state index in [9.17, 15) is 0 Å². The Morgan fingerprint density at radius 3 is 2.57 bits per heavy atom. The van der Waals surface area contributed by atoms with Gasteiger partial charge in [-0.3, -0.25) is 0 Å². The van der Waals surface area contributed by atoms with Gasteiger partial charge in [-0.2, -0.15) is 0 Å². The highest BCUT2D eigenvalue weighted by atomic mass is 35.5. The monoisotopic (exact) mass is 231 g/mol. The van der Waals surface area contributed by atoms with Gasteiger partial charge in [0.05, 0.1) is 10.0 Å². The van der Waals surface area contributed by atoms with Gasteiger partial charge in [0.2, 0.25) is 0 Å². The maximum atomic E-state index is 5.90. The summed E-state index contributed by atoms with van der Waals surface area (Å²) < 4.78 is 0. The molecule has 0 amide bonds. The molecule has 0 saturated carbocycles. The molecule has 0 fully saturated rings. The molecule has 0 radical (unpaired) electrons. The highest BCUT2D eigenvalue weighted by molar-refractivity contribution is 6.42. The Hall–Kier alpha value is -0.240. The number of nitrogens with one attached hydrogen (secondary N) is 1. The van der Waals surface area contributed by atoms with E-state index in [1.807, 2.05) is 18.2 Å². The Balaban J connectivity index is 2.55. The largest absolute Gasteiger partial charge is 0.310 e. The van der Waals surface area contributed by atoms with Crippen LogP contribution in [0, 0.1) is 0 Å². The van der Waals surface area contributed by atoms with E-state index in [0.717, 1.165) is 13.0 Å². The fourth-order valence-corrected chi connectivity index (χ4v) is 1.41. The molecule has 0 bridgehead atoms. The number of hydrogen-bond acceptors (Lipinski definition) is 1. The topological polar surface area (TPSA) is 12.0 Å². The van der Waals surface area contributed by atoms with Gasteiger partial charge < -0.3 is 5.32 Å². The van der Waals surface area contributed by atoms with E-state index in [0.29, 0.717) is 16.1 Å². The summed E-state index contributed by atoms with van der Waals surface area (Å²) in [5.74, 6) is 0. The van der Waals surface area contributed by atoms with Gasteiger partial charge in [0.1, 0.15) is 0 Å². The third kappa shape index (κ3) is 3.49. The van der Waals surface area contributed by atoms with Crippen LogP contribution >= 0.6 is 23.2 Å². The zero-order valence-electron chi connectivity index (χ0n) is 8.48. The Labute approximate surface area is 95.4 Å². The maximum absolute atomic E-state index is 5.90. The van der Waals surface area contributed by atoms with Gasteiger partial charge in [-0.15, -0.1) is 0 Å². The number of hydrogen-bond donors (Lipinski definition) is 1. The second kappa shape index (κ2) is 5.59. The lowest BCUT2D eigenvalue weighted by Gasteiger charge is -2.11. The average Bonchev–Trinajstić information content (AvgIpc) is 2.19. The fraction of sp³-hybridized carbons (Fsp3) is 0.455. The van der Waals surface area contributed by atoms with Crippen LogP contribution in [0.25, 0.3) is 0 Å². The van der Waals surface area contributed by atoms with Crippen molar-refractivity contribution in [3.63, 3.8) is 0 Å². The molecule has 1 aromatic rings. The average molecular weight is 232 g/mol. The molecule has 1 unspecified atom stereocenters. The third-order valence-electron chi connectivity index (χ3n) is 2.25. The second-order valence-electron chi connectivity index (χ2n) is 3.44. The van der Waals surface area contributed by atoms with E-state index in [4.69, 9.17) is 23.2 Å². The maximum Gasteiger partial charge on any atom is 0.0595 e. The molecule has 1 aromatic carbocycles. The van der Waals surface area contributed by atoms with E-state index in [2.05, 4.69) is 19.2 Å². The highest BCUT2D eigenvalue weighted by Crippen LogP contribution is 2.22. The van der Waals surface area contributed by atoms with Crippen LogP contribution in [0.5, 0.6) is 0 Å². The molecule has 1 atom stereocenters. The smallest absolute Gasteiger partial charge is 0.0595 e. The molecule has 1 rings (SSSR count). The first-order chi connectivity index (χ1) is 6.63. The van der Waals surface area contributed by atoms with Gasteiger partial charge in [0, 0.05) is 12.6 Å². The Kier molecular flexibility index (Phi) is 4.73. The molecule has 0 aliphatic carbocycles. The van der Waals surface area contributed by atoms with Crippen molar-refractivity contribution in [3.05, 3.63) is 33.8 Å². The SMILES string of the molecule is CCC(C)NCc1ccc(Cl)c(Cl)c1. The van der Waals surface area contributed by atoms with Crippen molar-refractivity contribution in [2.75, 3.05) is 0 Å². The Morgan fingerprint density at radius 2 is 2.00 bits per heavy atom.